The van der Waals surface area contributed by atoms with E-state index >= 15 is 0 Å². The van der Waals surface area contributed by atoms with Crippen molar-refractivity contribution in [1.29, 1.82) is 0 Å². The van der Waals surface area contributed by atoms with Crippen molar-refractivity contribution in [2.75, 3.05) is 13.1 Å². The number of likely N-dealkylation sites (tertiary alicyclic amines) is 1. The Balaban J connectivity index is 1.35. The summed E-state index contributed by atoms with van der Waals surface area (Å²) in [6.07, 6.45) is 9.53. The summed E-state index contributed by atoms with van der Waals surface area (Å²) in [5, 5.41) is 19.1. The Hall–Kier alpha value is -2.25. The summed E-state index contributed by atoms with van der Waals surface area (Å²) in [5.41, 5.74) is 2.05. The maximum Gasteiger partial charge on any atom is 0.257 e. The number of aromatic nitrogens is 6. The van der Waals surface area contributed by atoms with Gasteiger partial charge in [-0.15, -0.1) is 5.10 Å². The molecule has 3 heterocycles. The van der Waals surface area contributed by atoms with Gasteiger partial charge in [-0.2, -0.15) is 5.10 Å². The van der Waals surface area contributed by atoms with Gasteiger partial charge in [-0.25, -0.2) is 5.10 Å². The highest BCUT2D eigenvalue weighted by atomic mass is 16.2. The highest BCUT2D eigenvalue weighted by Crippen LogP contribution is 2.45. The molecule has 2 aromatic rings. The van der Waals surface area contributed by atoms with Gasteiger partial charge in [-0.1, -0.05) is 6.92 Å². The topological polar surface area (TPSA) is 92.6 Å². The maximum absolute atomic E-state index is 13.1. The number of nitrogens with zero attached hydrogens (tertiary/aromatic N) is 6. The summed E-state index contributed by atoms with van der Waals surface area (Å²) in [7, 11) is 0. The first-order valence-electron chi connectivity index (χ1n) is 10.3. The number of carbonyl (C=O) groups is 1. The molecule has 8 heteroatoms. The molecular weight excluding hydrogens is 342 g/mol. The monoisotopic (exact) mass is 369 g/mol. The zero-order valence-electron chi connectivity index (χ0n) is 15.8. The molecule has 3 aliphatic rings. The van der Waals surface area contributed by atoms with Crippen molar-refractivity contribution in [2.24, 2.45) is 5.92 Å². The van der Waals surface area contributed by atoms with Crippen molar-refractivity contribution >= 4 is 5.91 Å². The van der Waals surface area contributed by atoms with Crippen LogP contribution in [0.25, 0.3) is 0 Å². The van der Waals surface area contributed by atoms with E-state index in [0.717, 1.165) is 56.6 Å². The number of amides is 1. The van der Waals surface area contributed by atoms with Crippen LogP contribution in [0.3, 0.4) is 0 Å². The summed E-state index contributed by atoms with van der Waals surface area (Å²) < 4.78 is 2.19. The van der Waals surface area contributed by atoms with Crippen LogP contribution in [0.2, 0.25) is 0 Å². The number of rotatable bonds is 4. The molecule has 144 valence electrons. The molecule has 8 nitrogen and oxygen atoms in total. The molecule has 2 saturated carbocycles. The predicted octanol–water partition coefficient (Wildman–Crippen LogP) is 2.65. The van der Waals surface area contributed by atoms with Crippen molar-refractivity contribution in [1.82, 2.24) is 35.3 Å². The lowest BCUT2D eigenvalue weighted by molar-refractivity contribution is 0.0786. The van der Waals surface area contributed by atoms with Gasteiger partial charge in [0.25, 0.3) is 5.91 Å². The first-order chi connectivity index (χ1) is 13.2. The van der Waals surface area contributed by atoms with Gasteiger partial charge in [0.2, 0.25) is 0 Å². The average molecular weight is 369 g/mol. The zero-order chi connectivity index (χ0) is 18.4. The average Bonchev–Trinajstić information content (AvgIpc) is 3.10. The minimum Gasteiger partial charge on any atom is -0.338 e. The number of tetrazole rings is 1. The van der Waals surface area contributed by atoms with E-state index in [4.69, 9.17) is 5.10 Å². The first kappa shape index (κ1) is 16.9. The van der Waals surface area contributed by atoms with Crippen molar-refractivity contribution in [3.63, 3.8) is 0 Å². The Morgan fingerprint density at radius 2 is 1.89 bits per heavy atom. The molecule has 3 fully saturated rings. The Bertz CT molecular complexity index is 802. The summed E-state index contributed by atoms with van der Waals surface area (Å²) in [6, 6.07) is 0.381. The molecule has 0 spiro atoms. The number of carbonyl (C=O) groups excluding carboxylic acids is 1. The molecule has 1 atom stereocenters. The first-order valence-corrected chi connectivity index (χ1v) is 10.3. The zero-order valence-corrected chi connectivity index (χ0v) is 15.8. The van der Waals surface area contributed by atoms with Crippen LogP contribution in [0, 0.1) is 5.92 Å². The molecule has 1 aliphatic heterocycles. The lowest BCUT2D eigenvalue weighted by atomic mass is 9.85. The minimum atomic E-state index is 0.189. The lowest BCUT2D eigenvalue weighted by Crippen LogP contribution is -2.29. The number of hydrogen-bond acceptors (Lipinski definition) is 5. The molecule has 1 N–H and O–H groups in total. The second kappa shape index (κ2) is 6.73. The fourth-order valence-corrected chi connectivity index (χ4v) is 4.81. The molecule has 0 bridgehead atoms. The van der Waals surface area contributed by atoms with Gasteiger partial charge < -0.3 is 4.90 Å². The van der Waals surface area contributed by atoms with Gasteiger partial charge >= 0.3 is 0 Å². The van der Waals surface area contributed by atoms with E-state index in [1.807, 2.05) is 11.1 Å². The van der Waals surface area contributed by atoms with Crippen molar-refractivity contribution in [2.45, 2.75) is 69.7 Å². The third-order valence-corrected chi connectivity index (χ3v) is 6.53. The summed E-state index contributed by atoms with van der Waals surface area (Å²) in [4.78, 5) is 15.1. The van der Waals surface area contributed by atoms with Crippen LogP contribution in [0.1, 0.15) is 91.6 Å². The van der Waals surface area contributed by atoms with E-state index in [9.17, 15) is 4.79 Å². The molecular formula is C19H27N7O. The van der Waals surface area contributed by atoms with Gasteiger partial charge in [-0.05, 0) is 61.3 Å². The molecule has 1 saturated heterocycles. The second-order valence-corrected chi connectivity index (χ2v) is 8.60. The highest BCUT2D eigenvalue weighted by Gasteiger charge is 2.37. The smallest absolute Gasteiger partial charge is 0.257 e. The Kier molecular flexibility index (Phi) is 4.21. The van der Waals surface area contributed by atoms with E-state index in [1.165, 1.54) is 18.5 Å². The summed E-state index contributed by atoms with van der Waals surface area (Å²) >= 11 is 0. The minimum absolute atomic E-state index is 0.189. The largest absolute Gasteiger partial charge is 0.338 e. The standard InChI is InChI=1S/C19H27N7O/c1-12-8-9-25(11-12)19(27)16-10-20-26(17(16)13-2-3-13)15-6-4-14(5-7-15)18-21-23-24-22-18/h10,12-15H,2-9,11H2,1H3,(H,21,22,23,24)/t12-,14?,15?/m1/s1. The molecule has 2 aromatic heterocycles. The molecule has 0 unspecified atom stereocenters. The number of hydrogen-bond donors (Lipinski definition) is 1. The van der Waals surface area contributed by atoms with Gasteiger partial charge in [0.1, 0.15) is 0 Å². The van der Waals surface area contributed by atoms with Gasteiger partial charge in [-0.3, -0.25) is 9.48 Å². The number of H-pyrrole nitrogens is 1. The van der Waals surface area contributed by atoms with Gasteiger partial charge in [0.15, 0.2) is 5.82 Å². The van der Waals surface area contributed by atoms with E-state index in [1.54, 1.807) is 0 Å². The van der Waals surface area contributed by atoms with E-state index in [-0.39, 0.29) is 5.91 Å². The molecule has 1 amide bonds. The van der Waals surface area contributed by atoms with Crippen LogP contribution < -0.4 is 0 Å². The van der Waals surface area contributed by atoms with Crippen LogP contribution in [0.4, 0.5) is 0 Å². The third-order valence-electron chi connectivity index (χ3n) is 6.53. The molecule has 0 radical (unpaired) electrons. The van der Waals surface area contributed by atoms with Crippen molar-refractivity contribution < 1.29 is 4.79 Å². The van der Waals surface area contributed by atoms with Crippen molar-refractivity contribution in [3.05, 3.63) is 23.3 Å². The fourth-order valence-electron chi connectivity index (χ4n) is 4.81. The number of aromatic amines is 1. The summed E-state index contributed by atoms with van der Waals surface area (Å²) in [6.45, 7) is 3.98. The SMILES string of the molecule is C[C@@H]1CCN(C(=O)c2cnn(C3CCC(c4nnn[nH]4)CC3)c2C2CC2)C1. The van der Waals surface area contributed by atoms with E-state index in [0.29, 0.717) is 23.8 Å². The highest BCUT2D eigenvalue weighted by molar-refractivity contribution is 5.95. The van der Waals surface area contributed by atoms with E-state index < -0.39 is 0 Å². The van der Waals surface area contributed by atoms with Crippen molar-refractivity contribution in [3.8, 4) is 0 Å². The Labute approximate surface area is 158 Å². The molecule has 2 aliphatic carbocycles. The van der Waals surface area contributed by atoms with Crippen LogP contribution in [0.15, 0.2) is 6.20 Å². The summed E-state index contributed by atoms with van der Waals surface area (Å²) in [5.74, 6) is 2.62. The molecule has 5 rings (SSSR count). The number of nitrogens with one attached hydrogen (secondary N) is 1. The fraction of sp³-hybridized carbons (Fsp3) is 0.737. The Morgan fingerprint density at radius 1 is 1.11 bits per heavy atom. The second-order valence-electron chi connectivity index (χ2n) is 8.60. The van der Waals surface area contributed by atoms with Crippen LogP contribution in [-0.2, 0) is 0 Å². The normalized spacial score (nSPS) is 28.6. The quantitative estimate of drug-likeness (QED) is 0.894. The third kappa shape index (κ3) is 3.15. The Morgan fingerprint density at radius 3 is 2.52 bits per heavy atom. The van der Waals surface area contributed by atoms with E-state index in [2.05, 4.69) is 32.2 Å². The predicted molar refractivity (Wildman–Crippen MR) is 98.3 cm³/mol. The van der Waals surface area contributed by atoms with Crippen LogP contribution >= 0.6 is 0 Å². The molecule has 0 aromatic carbocycles. The van der Waals surface area contributed by atoms with Crippen LogP contribution in [0.5, 0.6) is 0 Å². The van der Waals surface area contributed by atoms with Crippen LogP contribution in [-0.4, -0.2) is 54.3 Å². The maximum atomic E-state index is 13.1. The van der Waals surface area contributed by atoms with Gasteiger partial charge in [0.05, 0.1) is 23.5 Å². The van der Waals surface area contributed by atoms with Gasteiger partial charge in [0, 0.05) is 24.9 Å². The molecule has 27 heavy (non-hydrogen) atoms. The lowest BCUT2D eigenvalue weighted by Gasteiger charge is -2.28.